The van der Waals surface area contributed by atoms with Gasteiger partial charge in [-0.1, -0.05) is 132 Å². The molecule has 53 heavy (non-hydrogen) atoms. The van der Waals surface area contributed by atoms with E-state index in [1.54, 1.807) is 0 Å². The minimum Gasteiger partial charge on any atom is -0.463 e. The molecule has 1 amide bonds. The van der Waals surface area contributed by atoms with E-state index in [-0.39, 0.29) is 32.1 Å². The number of carbonyl (C=O) groups is 2. The Bertz CT molecular complexity index is 1100. The molecule has 10 heteroatoms. The molecule has 0 heterocycles. The fraction of sp³-hybridized carbons (Fsp3) is 0.674. The fourth-order valence-electron chi connectivity index (χ4n) is 5.05. The second-order valence-electron chi connectivity index (χ2n) is 13.2. The molecule has 0 aromatic carbocycles. The van der Waals surface area contributed by atoms with Crippen molar-refractivity contribution in [1.29, 1.82) is 0 Å². The Kier molecular flexibility index (Phi) is 37.3. The first kappa shape index (κ1) is 50.5. The van der Waals surface area contributed by atoms with Gasteiger partial charge in [0.1, 0.15) is 12.7 Å². The zero-order chi connectivity index (χ0) is 38.9. The molecular formula is C43H74NO8P. The summed E-state index contributed by atoms with van der Waals surface area (Å²) >= 11 is 0. The highest BCUT2D eigenvalue weighted by atomic mass is 31.2. The molecule has 9 nitrogen and oxygen atoms in total. The average Bonchev–Trinajstić information content (AvgIpc) is 3.14. The highest BCUT2D eigenvalue weighted by Gasteiger charge is 2.23. The van der Waals surface area contributed by atoms with E-state index in [1.807, 2.05) is 0 Å². The van der Waals surface area contributed by atoms with Crippen LogP contribution in [0.15, 0.2) is 72.9 Å². The van der Waals surface area contributed by atoms with E-state index in [2.05, 4.69) is 92.1 Å². The van der Waals surface area contributed by atoms with E-state index in [4.69, 9.17) is 13.8 Å². The van der Waals surface area contributed by atoms with Crippen molar-refractivity contribution in [3.63, 3.8) is 0 Å². The van der Waals surface area contributed by atoms with E-state index in [0.717, 1.165) is 96.3 Å². The number of phosphoric ester groups is 1. The lowest BCUT2D eigenvalue weighted by atomic mass is 10.1. The number of hydrogen-bond donors (Lipinski definition) is 3. The van der Waals surface area contributed by atoms with Crippen LogP contribution >= 0.6 is 7.82 Å². The molecule has 0 aliphatic carbocycles. The number of rotatable bonds is 37. The molecule has 3 N–H and O–H groups in total. The van der Waals surface area contributed by atoms with Gasteiger partial charge in [-0.05, 0) is 83.5 Å². The lowest BCUT2D eigenvalue weighted by Crippen LogP contribution is -2.27. The zero-order valence-corrected chi connectivity index (χ0v) is 34.1. The Morgan fingerprint density at radius 2 is 1.08 bits per heavy atom. The molecule has 0 rings (SSSR count). The third kappa shape index (κ3) is 40.5. The number of aliphatic hydroxyl groups excluding tert-OH is 1. The lowest BCUT2D eigenvalue weighted by molar-refractivity contribution is -0.147. The summed E-state index contributed by atoms with van der Waals surface area (Å²) in [6.07, 6.45) is 46.9. The van der Waals surface area contributed by atoms with Gasteiger partial charge in [-0.25, -0.2) is 4.57 Å². The minimum atomic E-state index is -4.43. The van der Waals surface area contributed by atoms with Gasteiger partial charge in [0.2, 0.25) is 5.91 Å². The normalized spacial score (nSPS) is 14.1. The van der Waals surface area contributed by atoms with Crippen LogP contribution in [0.1, 0.15) is 155 Å². The number of hydrogen-bond acceptors (Lipinski definition) is 7. The summed E-state index contributed by atoms with van der Waals surface area (Å²) in [7, 11) is -4.43. The first-order chi connectivity index (χ1) is 25.8. The maximum Gasteiger partial charge on any atom is 0.472 e. The number of allylic oxidation sites excluding steroid dienone is 12. The van der Waals surface area contributed by atoms with Crippen molar-refractivity contribution < 1.29 is 37.9 Å². The second-order valence-corrected chi connectivity index (χ2v) is 14.7. The summed E-state index contributed by atoms with van der Waals surface area (Å²) in [5.41, 5.74) is 0. The number of esters is 1. The molecule has 0 radical (unpaired) electrons. The van der Waals surface area contributed by atoms with Crippen molar-refractivity contribution in [1.82, 2.24) is 5.32 Å². The largest absolute Gasteiger partial charge is 0.472 e. The number of carbonyl (C=O) groups excluding carboxylic acids is 2. The van der Waals surface area contributed by atoms with Crippen molar-refractivity contribution in [2.24, 2.45) is 0 Å². The van der Waals surface area contributed by atoms with Crippen LogP contribution in [0.2, 0.25) is 0 Å². The summed E-state index contributed by atoms with van der Waals surface area (Å²) < 4.78 is 26.8. The van der Waals surface area contributed by atoms with Crippen molar-refractivity contribution >= 4 is 19.7 Å². The minimum absolute atomic E-state index is 0.0587. The van der Waals surface area contributed by atoms with Gasteiger partial charge >= 0.3 is 13.8 Å². The Morgan fingerprint density at radius 3 is 1.66 bits per heavy atom. The Morgan fingerprint density at radius 1 is 0.604 bits per heavy atom. The van der Waals surface area contributed by atoms with Gasteiger partial charge in [0, 0.05) is 19.4 Å². The van der Waals surface area contributed by atoms with Gasteiger partial charge in [-0.3, -0.25) is 18.6 Å². The van der Waals surface area contributed by atoms with Crippen LogP contribution in [0.4, 0.5) is 0 Å². The molecule has 2 unspecified atom stereocenters. The Hall–Kier alpha value is -2.55. The third-order valence-corrected chi connectivity index (χ3v) is 9.10. The van der Waals surface area contributed by atoms with Gasteiger partial charge in [0.25, 0.3) is 0 Å². The summed E-state index contributed by atoms with van der Waals surface area (Å²) in [5, 5.41) is 12.6. The Labute approximate surface area is 322 Å². The Balaban J connectivity index is 3.70. The smallest absolute Gasteiger partial charge is 0.463 e. The van der Waals surface area contributed by atoms with E-state index < -0.39 is 26.5 Å². The maximum absolute atomic E-state index is 12.1. The first-order valence-electron chi connectivity index (χ1n) is 20.4. The molecule has 0 bridgehead atoms. The summed E-state index contributed by atoms with van der Waals surface area (Å²) in [6.45, 7) is 3.35. The zero-order valence-electron chi connectivity index (χ0n) is 33.2. The summed E-state index contributed by atoms with van der Waals surface area (Å²) in [5.74, 6) is -0.565. The third-order valence-electron chi connectivity index (χ3n) is 8.12. The molecule has 0 aliphatic heterocycles. The quantitative estimate of drug-likeness (QED) is 0.0247. The summed E-state index contributed by atoms with van der Waals surface area (Å²) in [4.78, 5) is 33.8. The monoisotopic (exact) mass is 764 g/mol. The first-order valence-corrected chi connectivity index (χ1v) is 21.9. The van der Waals surface area contributed by atoms with E-state index >= 15 is 0 Å². The lowest BCUT2D eigenvalue weighted by Gasteiger charge is -2.15. The second kappa shape index (κ2) is 39.2. The van der Waals surface area contributed by atoms with Crippen LogP contribution < -0.4 is 5.32 Å². The van der Waals surface area contributed by atoms with Gasteiger partial charge in [-0.15, -0.1) is 0 Å². The molecule has 0 saturated heterocycles. The van der Waals surface area contributed by atoms with Crippen molar-refractivity contribution in [2.75, 3.05) is 26.4 Å². The molecule has 304 valence electrons. The predicted molar refractivity (Wildman–Crippen MR) is 219 cm³/mol. The van der Waals surface area contributed by atoms with Gasteiger partial charge in [-0.2, -0.15) is 0 Å². The highest BCUT2D eigenvalue weighted by molar-refractivity contribution is 7.47. The van der Waals surface area contributed by atoms with Gasteiger partial charge in [0.05, 0.1) is 13.2 Å². The van der Waals surface area contributed by atoms with Crippen LogP contribution in [-0.2, 0) is 27.9 Å². The van der Waals surface area contributed by atoms with E-state index in [1.165, 1.54) is 32.1 Å². The number of unbranched alkanes of at least 4 members (excludes halogenated alkanes) is 12. The van der Waals surface area contributed by atoms with Crippen LogP contribution in [0.5, 0.6) is 0 Å². The topological polar surface area (TPSA) is 131 Å². The van der Waals surface area contributed by atoms with Crippen LogP contribution in [-0.4, -0.2) is 54.3 Å². The van der Waals surface area contributed by atoms with Crippen LogP contribution in [0.3, 0.4) is 0 Å². The number of phosphoric acid groups is 1. The number of aliphatic hydroxyl groups is 1. The molecule has 0 aromatic rings. The SMILES string of the molecule is CC/C=C\C/C=C\C/C=C\C/C=C\C/C=C\CCCCCC(=O)NCCOP(=O)(O)OCC(O)COC(=O)CCCCCCC/C=C\CCCCCC. The molecule has 2 atom stereocenters. The van der Waals surface area contributed by atoms with Crippen molar-refractivity contribution in [3.8, 4) is 0 Å². The summed E-state index contributed by atoms with van der Waals surface area (Å²) in [6, 6.07) is 0. The number of amides is 1. The van der Waals surface area contributed by atoms with Crippen LogP contribution in [0.25, 0.3) is 0 Å². The van der Waals surface area contributed by atoms with Crippen molar-refractivity contribution in [2.45, 2.75) is 161 Å². The predicted octanol–water partition coefficient (Wildman–Crippen LogP) is 11.1. The molecule has 0 aromatic heterocycles. The number of ether oxygens (including phenoxy) is 1. The molecule has 0 aliphatic rings. The van der Waals surface area contributed by atoms with E-state index in [0.29, 0.717) is 6.42 Å². The molecule has 0 spiro atoms. The highest BCUT2D eigenvalue weighted by Crippen LogP contribution is 2.42. The van der Waals surface area contributed by atoms with E-state index in [9.17, 15) is 24.2 Å². The fourth-order valence-corrected chi connectivity index (χ4v) is 5.80. The van der Waals surface area contributed by atoms with Gasteiger partial charge in [0.15, 0.2) is 0 Å². The standard InChI is InChI=1S/C43H74NO8P/c1-3-5-7-9-11-13-15-17-18-19-20-21-22-24-25-27-29-31-33-35-42(46)44-37-38-51-53(48,49)52-40-41(45)39-50-43(47)36-34-32-30-28-26-23-16-14-12-10-8-6-4-2/h5,7,11,13-14,16-18,20-21,24-25,41,45H,3-4,6,8-10,12,15,19,22-23,26-40H2,1-2H3,(H,44,46)(H,48,49)/b7-5-,13-11-,16-14-,18-17-,21-20-,25-24-. The van der Waals surface area contributed by atoms with Crippen molar-refractivity contribution in [3.05, 3.63) is 72.9 Å². The van der Waals surface area contributed by atoms with Crippen LogP contribution in [0, 0.1) is 0 Å². The molecule has 0 fully saturated rings. The molecular weight excluding hydrogens is 689 g/mol. The number of nitrogens with one attached hydrogen (secondary N) is 1. The molecule has 0 saturated carbocycles. The average molecular weight is 764 g/mol. The maximum atomic E-state index is 12.1. The van der Waals surface area contributed by atoms with Gasteiger partial charge < -0.3 is 20.1 Å².